The average molecular weight is 293 g/mol. The van der Waals surface area contributed by atoms with E-state index in [9.17, 15) is 0 Å². The molecule has 7 atom stereocenters. The summed E-state index contributed by atoms with van der Waals surface area (Å²) in [6.45, 7) is 12.6. The van der Waals surface area contributed by atoms with Crippen molar-refractivity contribution in [3.05, 3.63) is 0 Å². The van der Waals surface area contributed by atoms with E-state index in [-0.39, 0.29) is 0 Å². The molecule has 0 aliphatic heterocycles. The molecule has 0 N–H and O–H groups in total. The molecular formula is C21H40. The van der Waals surface area contributed by atoms with Gasteiger partial charge >= 0.3 is 0 Å². The van der Waals surface area contributed by atoms with Gasteiger partial charge in [0.1, 0.15) is 0 Å². The molecule has 0 heteroatoms. The molecule has 2 rings (SSSR count). The molecule has 0 radical (unpaired) electrons. The maximum absolute atomic E-state index is 2.54. The minimum absolute atomic E-state index is 0.934. The van der Waals surface area contributed by atoms with Crippen LogP contribution in [-0.2, 0) is 0 Å². The van der Waals surface area contributed by atoms with Crippen molar-refractivity contribution in [2.75, 3.05) is 0 Å². The smallest absolute Gasteiger partial charge is 0.0360 e. The quantitative estimate of drug-likeness (QED) is 0.477. The highest BCUT2D eigenvalue weighted by Gasteiger charge is 2.31. The van der Waals surface area contributed by atoms with Gasteiger partial charge in [-0.1, -0.05) is 79.6 Å². The first kappa shape index (κ1) is 17.4. The Morgan fingerprint density at radius 1 is 0.762 bits per heavy atom. The summed E-state index contributed by atoms with van der Waals surface area (Å²) in [4.78, 5) is 0. The molecule has 0 aromatic rings. The van der Waals surface area contributed by atoms with Crippen molar-refractivity contribution in [1.82, 2.24) is 0 Å². The van der Waals surface area contributed by atoms with Gasteiger partial charge < -0.3 is 0 Å². The lowest BCUT2D eigenvalue weighted by Gasteiger charge is -2.30. The average Bonchev–Trinajstić information content (AvgIpc) is 3.06. The summed E-state index contributed by atoms with van der Waals surface area (Å²) >= 11 is 0. The second kappa shape index (κ2) is 8.02. The molecule has 0 saturated heterocycles. The predicted octanol–water partition coefficient (Wildman–Crippen LogP) is 6.94. The lowest BCUT2D eigenvalue weighted by Crippen LogP contribution is -2.21. The van der Waals surface area contributed by atoms with E-state index in [2.05, 4.69) is 34.6 Å². The van der Waals surface area contributed by atoms with E-state index in [0.29, 0.717) is 0 Å². The van der Waals surface area contributed by atoms with Gasteiger partial charge in [-0.2, -0.15) is 0 Å². The molecular weight excluding hydrogens is 252 g/mol. The highest BCUT2D eigenvalue weighted by atomic mass is 14.4. The molecule has 2 fully saturated rings. The molecule has 21 heavy (non-hydrogen) atoms. The fourth-order valence-electron chi connectivity index (χ4n) is 5.64. The first-order valence-electron chi connectivity index (χ1n) is 10.0. The minimum atomic E-state index is 0.934. The highest BCUT2D eigenvalue weighted by molar-refractivity contribution is 4.82. The van der Waals surface area contributed by atoms with Gasteiger partial charge in [0.2, 0.25) is 0 Å². The molecule has 2 aliphatic rings. The van der Waals surface area contributed by atoms with Crippen LogP contribution in [0.4, 0.5) is 0 Å². The summed E-state index contributed by atoms with van der Waals surface area (Å²) in [6, 6.07) is 0. The van der Waals surface area contributed by atoms with Crippen molar-refractivity contribution < 1.29 is 0 Å². The van der Waals surface area contributed by atoms with Gasteiger partial charge in [-0.25, -0.2) is 0 Å². The Labute approximate surface area is 134 Å². The zero-order valence-electron chi connectivity index (χ0n) is 15.4. The molecule has 2 saturated carbocycles. The summed E-state index contributed by atoms with van der Waals surface area (Å²) < 4.78 is 0. The van der Waals surface area contributed by atoms with E-state index in [4.69, 9.17) is 0 Å². The molecule has 0 aromatic carbocycles. The second-order valence-corrected chi connectivity index (χ2v) is 8.89. The Morgan fingerprint density at radius 3 is 1.86 bits per heavy atom. The Balaban J connectivity index is 1.67. The standard InChI is InChI=1S/C21H40/c1-15(19(5)21-14-8-12-18(21)4)9-6-10-16(2)20-13-7-11-17(20)3/h15-21H,6-14H2,1-5H3. The van der Waals surface area contributed by atoms with E-state index < -0.39 is 0 Å². The van der Waals surface area contributed by atoms with Crippen LogP contribution in [0.3, 0.4) is 0 Å². The Morgan fingerprint density at radius 2 is 1.33 bits per heavy atom. The van der Waals surface area contributed by atoms with E-state index >= 15 is 0 Å². The zero-order chi connectivity index (χ0) is 15.4. The second-order valence-electron chi connectivity index (χ2n) is 8.89. The number of rotatable bonds is 7. The van der Waals surface area contributed by atoms with Crippen molar-refractivity contribution in [3.63, 3.8) is 0 Å². The fraction of sp³-hybridized carbons (Fsp3) is 1.00. The summed E-state index contributed by atoms with van der Waals surface area (Å²) in [5, 5.41) is 0. The monoisotopic (exact) mass is 292 g/mol. The fourth-order valence-corrected chi connectivity index (χ4v) is 5.64. The Kier molecular flexibility index (Phi) is 6.63. The van der Waals surface area contributed by atoms with Crippen molar-refractivity contribution in [2.24, 2.45) is 41.4 Å². The molecule has 0 bridgehead atoms. The molecule has 124 valence electrons. The summed E-state index contributed by atoms with van der Waals surface area (Å²) in [7, 11) is 0. The molecule has 0 heterocycles. The summed E-state index contributed by atoms with van der Waals surface area (Å²) in [6.07, 6.45) is 13.4. The first-order valence-corrected chi connectivity index (χ1v) is 10.0. The van der Waals surface area contributed by atoms with Gasteiger partial charge in [0, 0.05) is 0 Å². The Hall–Kier alpha value is 0. The normalized spacial score (nSPS) is 37.6. The summed E-state index contributed by atoms with van der Waals surface area (Å²) in [5.74, 6) is 6.89. The maximum atomic E-state index is 2.54. The van der Waals surface area contributed by atoms with Crippen LogP contribution in [0.1, 0.15) is 92.4 Å². The van der Waals surface area contributed by atoms with Gasteiger partial charge in [-0.15, -0.1) is 0 Å². The van der Waals surface area contributed by atoms with Gasteiger partial charge in [-0.05, 0) is 54.3 Å². The van der Waals surface area contributed by atoms with E-state index in [0.717, 1.165) is 41.4 Å². The largest absolute Gasteiger partial charge is 0.0622 e. The van der Waals surface area contributed by atoms with Gasteiger partial charge in [0.05, 0.1) is 0 Å². The number of hydrogen-bond acceptors (Lipinski definition) is 0. The van der Waals surface area contributed by atoms with Gasteiger partial charge in [0.25, 0.3) is 0 Å². The van der Waals surface area contributed by atoms with Crippen LogP contribution in [0.25, 0.3) is 0 Å². The van der Waals surface area contributed by atoms with E-state index in [1.807, 2.05) is 0 Å². The van der Waals surface area contributed by atoms with Crippen LogP contribution in [0.15, 0.2) is 0 Å². The van der Waals surface area contributed by atoms with Crippen LogP contribution in [0.2, 0.25) is 0 Å². The predicted molar refractivity (Wildman–Crippen MR) is 94.4 cm³/mol. The van der Waals surface area contributed by atoms with Crippen molar-refractivity contribution in [1.29, 1.82) is 0 Å². The molecule has 0 nitrogen and oxygen atoms in total. The molecule has 2 aliphatic carbocycles. The topological polar surface area (TPSA) is 0 Å². The molecule has 0 spiro atoms. The molecule has 7 unspecified atom stereocenters. The van der Waals surface area contributed by atoms with Crippen LogP contribution in [-0.4, -0.2) is 0 Å². The van der Waals surface area contributed by atoms with Crippen LogP contribution < -0.4 is 0 Å². The SMILES string of the molecule is CC(CCCC(C)C1CCCC1C)C(C)C1CCCC1C. The van der Waals surface area contributed by atoms with Crippen molar-refractivity contribution >= 4 is 0 Å². The van der Waals surface area contributed by atoms with Crippen molar-refractivity contribution in [3.8, 4) is 0 Å². The minimum Gasteiger partial charge on any atom is -0.0622 e. The lowest BCUT2D eigenvalue weighted by atomic mass is 9.76. The van der Waals surface area contributed by atoms with E-state index in [1.54, 1.807) is 0 Å². The lowest BCUT2D eigenvalue weighted by molar-refractivity contribution is 0.201. The van der Waals surface area contributed by atoms with Crippen LogP contribution in [0.5, 0.6) is 0 Å². The zero-order valence-corrected chi connectivity index (χ0v) is 15.4. The molecule has 0 amide bonds. The maximum Gasteiger partial charge on any atom is -0.0360 e. The third kappa shape index (κ3) is 4.49. The van der Waals surface area contributed by atoms with Crippen molar-refractivity contribution in [2.45, 2.75) is 92.4 Å². The number of hydrogen-bond donors (Lipinski definition) is 0. The third-order valence-electron chi connectivity index (χ3n) is 7.48. The van der Waals surface area contributed by atoms with Gasteiger partial charge in [0.15, 0.2) is 0 Å². The Bertz CT molecular complexity index is 294. The highest BCUT2D eigenvalue weighted by Crippen LogP contribution is 2.41. The summed E-state index contributed by atoms with van der Waals surface area (Å²) in [5.41, 5.74) is 0. The van der Waals surface area contributed by atoms with E-state index in [1.165, 1.54) is 57.8 Å². The van der Waals surface area contributed by atoms with Gasteiger partial charge in [-0.3, -0.25) is 0 Å². The third-order valence-corrected chi connectivity index (χ3v) is 7.48. The van der Waals surface area contributed by atoms with Crippen LogP contribution >= 0.6 is 0 Å². The first-order chi connectivity index (χ1) is 10.0. The van der Waals surface area contributed by atoms with Crippen LogP contribution in [0, 0.1) is 41.4 Å². The molecule has 0 aromatic heterocycles.